The molecule has 4 aliphatic rings. The van der Waals surface area contributed by atoms with Gasteiger partial charge in [0.25, 0.3) is 5.91 Å². The van der Waals surface area contributed by atoms with Crippen molar-refractivity contribution in [2.75, 3.05) is 23.0 Å². The lowest BCUT2D eigenvalue weighted by atomic mass is 9.82. The van der Waals surface area contributed by atoms with Crippen molar-refractivity contribution < 1.29 is 29.0 Å². The fourth-order valence-electron chi connectivity index (χ4n) is 8.60. The summed E-state index contributed by atoms with van der Waals surface area (Å²) in [6.07, 6.45) is 2.05. The number of carbonyl (C=O) groups is 3. The van der Waals surface area contributed by atoms with E-state index >= 15 is 0 Å². The fourth-order valence-corrected chi connectivity index (χ4v) is 11.2. The minimum atomic E-state index is -3.03. The molecule has 7 rings (SSSR count). The van der Waals surface area contributed by atoms with E-state index in [0.717, 1.165) is 29.7 Å². The van der Waals surface area contributed by atoms with Gasteiger partial charge in [0.1, 0.15) is 0 Å². The highest BCUT2D eigenvalue weighted by atomic mass is 28.4. The summed E-state index contributed by atoms with van der Waals surface area (Å²) in [6.45, 7) is 6.49. The van der Waals surface area contributed by atoms with Crippen LogP contribution in [0.4, 0.5) is 17.1 Å². The molecule has 10 heteroatoms. The van der Waals surface area contributed by atoms with E-state index in [1.54, 1.807) is 14.7 Å². The molecule has 2 saturated heterocycles. The van der Waals surface area contributed by atoms with Crippen molar-refractivity contribution in [1.82, 2.24) is 4.90 Å². The predicted octanol–water partition coefficient (Wildman–Crippen LogP) is 5.02. The molecule has 5 atom stereocenters. The Bertz CT molecular complexity index is 1710. The van der Waals surface area contributed by atoms with E-state index in [-0.39, 0.29) is 36.8 Å². The molecule has 0 unspecified atom stereocenters. The zero-order valence-electron chi connectivity index (χ0n) is 27.3. The van der Waals surface area contributed by atoms with Crippen LogP contribution in [0.1, 0.15) is 49.3 Å². The first-order valence-electron chi connectivity index (χ1n) is 16.8. The SMILES string of the molecule is C[C@@H]1[C@@H]([Si](C)(C)O)[C@H](CC(=O)N2Cc3ccccc3C[C@H]2CO)O[C@@]12C(=O)N(c1ccccc1)c1ccc(N3CCCCC3=O)cc12. The Balaban J connectivity index is 1.30. The smallest absolute Gasteiger partial charge is 0.268 e. The normalized spacial score (nSPS) is 27.4. The Morgan fingerprint density at radius 1 is 0.979 bits per heavy atom. The standard InChI is InChI=1S/C37H43N3O6Si/c1-24-35(47(2,3)45)32(21-34(43)39-22-26-12-8-7-11-25(26)19-29(39)23-41)46-37(24)30-20-28(38-18-10-9-15-33(38)42)16-17-31(30)40(36(37)44)27-13-5-4-6-14-27/h4-8,11-14,16-17,20,24,29,32,35,41,45H,9-10,15,18-19,21-23H2,1-3H3/t24-,29+,32+,35-,37+/m1/s1. The number of nitrogens with zero attached hydrogens (tertiary/aromatic N) is 3. The van der Waals surface area contributed by atoms with Crippen molar-refractivity contribution in [2.45, 2.75) is 82.0 Å². The Morgan fingerprint density at radius 2 is 1.70 bits per heavy atom. The molecule has 0 saturated carbocycles. The number of aliphatic hydroxyl groups excluding tert-OH is 1. The van der Waals surface area contributed by atoms with Gasteiger partial charge in [0.15, 0.2) is 13.9 Å². The van der Waals surface area contributed by atoms with Gasteiger partial charge >= 0.3 is 0 Å². The number of hydrogen-bond acceptors (Lipinski definition) is 6. The second-order valence-corrected chi connectivity index (χ2v) is 18.0. The highest BCUT2D eigenvalue weighted by Gasteiger charge is 2.67. The zero-order chi connectivity index (χ0) is 33.1. The second kappa shape index (κ2) is 12.0. The predicted molar refractivity (Wildman–Crippen MR) is 182 cm³/mol. The molecule has 3 aromatic rings. The molecule has 2 N–H and O–H groups in total. The number of benzene rings is 3. The number of rotatable bonds is 6. The quantitative estimate of drug-likeness (QED) is 0.362. The van der Waals surface area contributed by atoms with E-state index in [1.165, 1.54) is 0 Å². The van der Waals surface area contributed by atoms with Crippen molar-refractivity contribution in [1.29, 1.82) is 0 Å². The van der Waals surface area contributed by atoms with Crippen LogP contribution in [0.3, 0.4) is 0 Å². The van der Waals surface area contributed by atoms with Crippen molar-refractivity contribution in [3.63, 3.8) is 0 Å². The molecule has 0 aromatic heterocycles. The molecule has 0 bridgehead atoms. The van der Waals surface area contributed by atoms with Crippen LogP contribution in [0, 0.1) is 5.92 Å². The molecule has 0 radical (unpaired) electrons. The minimum Gasteiger partial charge on any atom is -0.432 e. The van der Waals surface area contributed by atoms with Gasteiger partial charge < -0.3 is 24.4 Å². The fraction of sp³-hybridized carbons (Fsp3) is 0.432. The molecule has 3 aromatic carbocycles. The van der Waals surface area contributed by atoms with Gasteiger partial charge in [-0.1, -0.05) is 49.4 Å². The van der Waals surface area contributed by atoms with Crippen LogP contribution >= 0.6 is 0 Å². The van der Waals surface area contributed by atoms with Crippen LogP contribution in [0.15, 0.2) is 72.8 Å². The first-order valence-corrected chi connectivity index (χ1v) is 19.8. The van der Waals surface area contributed by atoms with E-state index in [2.05, 4.69) is 0 Å². The van der Waals surface area contributed by atoms with Gasteiger partial charge in [-0.25, -0.2) is 0 Å². The van der Waals surface area contributed by atoms with E-state index in [4.69, 9.17) is 4.74 Å². The van der Waals surface area contributed by atoms with Gasteiger partial charge in [0, 0.05) is 47.9 Å². The molecule has 246 valence electrons. The van der Waals surface area contributed by atoms with Crippen LogP contribution in [0.25, 0.3) is 0 Å². The number of hydrogen-bond donors (Lipinski definition) is 2. The zero-order valence-corrected chi connectivity index (χ0v) is 28.3. The summed E-state index contributed by atoms with van der Waals surface area (Å²) in [7, 11) is -3.03. The lowest BCUT2D eigenvalue weighted by molar-refractivity contribution is -0.150. The molecule has 4 heterocycles. The van der Waals surface area contributed by atoms with Crippen molar-refractivity contribution >= 4 is 43.1 Å². The van der Waals surface area contributed by atoms with E-state index < -0.39 is 31.5 Å². The lowest BCUT2D eigenvalue weighted by Crippen LogP contribution is -2.48. The largest absolute Gasteiger partial charge is 0.432 e. The number of fused-ring (bicyclic) bond motifs is 3. The van der Waals surface area contributed by atoms with Gasteiger partial charge in [-0.2, -0.15) is 0 Å². The molecule has 9 nitrogen and oxygen atoms in total. The second-order valence-electron chi connectivity index (χ2n) is 14.1. The van der Waals surface area contributed by atoms with E-state index in [1.807, 2.05) is 92.8 Å². The maximum Gasteiger partial charge on any atom is 0.268 e. The Kier molecular flexibility index (Phi) is 8.11. The van der Waals surface area contributed by atoms with E-state index in [0.29, 0.717) is 42.9 Å². The minimum absolute atomic E-state index is 0.0231. The van der Waals surface area contributed by atoms with Gasteiger partial charge in [-0.15, -0.1) is 0 Å². The number of amides is 3. The maximum atomic E-state index is 14.9. The third kappa shape index (κ3) is 5.22. The molecule has 3 amide bonds. The number of piperidine rings is 1. The number of ether oxygens (including phenoxy) is 1. The number of anilines is 3. The summed E-state index contributed by atoms with van der Waals surface area (Å²) >= 11 is 0. The van der Waals surface area contributed by atoms with Gasteiger partial charge in [0.05, 0.1) is 30.9 Å². The average molecular weight is 654 g/mol. The van der Waals surface area contributed by atoms with Crippen LogP contribution < -0.4 is 9.80 Å². The molecule has 2 fully saturated rings. The first kappa shape index (κ1) is 31.8. The molecule has 47 heavy (non-hydrogen) atoms. The maximum absolute atomic E-state index is 14.9. The van der Waals surface area contributed by atoms with Crippen LogP contribution in [-0.4, -0.2) is 66.1 Å². The highest BCUT2D eigenvalue weighted by molar-refractivity contribution is 6.71. The van der Waals surface area contributed by atoms with Crippen molar-refractivity contribution in [3.8, 4) is 0 Å². The Hall–Kier alpha value is -3.83. The van der Waals surface area contributed by atoms with Gasteiger partial charge in [0.2, 0.25) is 11.8 Å². The number of para-hydroxylation sites is 1. The van der Waals surface area contributed by atoms with Crippen LogP contribution in [0.2, 0.25) is 18.6 Å². The number of carbonyl (C=O) groups excluding carboxylic acids is 3. The Morgan fingerprint density at radius 3 is 2.40 bits per heavy atom. The summed E-state index contributed by atoms with van der Waals surface area (Å²) in [4.78, 5) is 59.0. The molecular weight excluding hydrogens is 611 g/mol. The van der Waals surface area contributed by atoms with Crippen molar-refractivity contribution in [3.05, 3.63) is 89.5 Å². The molecule has 0 aliphatic carbocycles. The molecule has 1 spiro atoms. The summed E-state index contributed by atoms with van der Waals surface area (Å²) < 4.78 is 6.99. The van der Waals surface area contributed by atoms with Crippen LogP contribution in [0.5, 0.6) is 0 Å². The van der Waals surface area contributed by atoms with E-state index in [9.17, 15) is 24.3 Å². The third-order valence-electron chi connectivity index (χ3n) is 10.8. The summed E-state index contributed by atoms with van der Waals surface area (Å²) in [5, 5.41) is 10.3. The monoisotopic (exact) mass is 653 g/mol. The van der Waals surface area contributed by atoms with Gasteiger partial charge in [-0.05, 0) is 73.8 Å². The van der Waals surface area contributed by atoms with Crippen LogP contribution in [-0.2, 0) is 37.7 Å². The summed E-state index contributed by atoms with van der Waals surface area (Å²) in [5.41, 5.74) is 3.03. The highest BCUT2D eigenvalue weighted by Crippen LogP contribution is 2.61. The number of aliphatic hydroxyl groups is 1. The lowest BCUT2D eigenvalue weighted by Gasteiger charge is -2.37. The summed E-state index contributed by atoms with van der Waals surface area (Å²) in [5.74, 6) is -0.836. The average Bonchev–Trinajstić information content (AvgIpc) is 3.50. The van der Waals surface area contributed by atoms with Gasteiger partial charge in [-0.3, -0.25) is 19.3 Å². The third-order valence-corrected chi connectivity index (χ3v) is 13.3. The summed E-state index contributed by atoms with van der Waals surface area (Å²) in [6, 6.07) is 22.8. The first-order chi connectivity index (χ1) is 22.5. The molecular formula is C37H43N3O6Si. The topological polar surface area (TPSA) is 111 Å². The van der Waals surface area contributed by atoms with Crippen molar-refractivity contribution in [2.24, 2.45) is 5.92 Å². The molecule has 4 aliphatic heterocycles. The Labute approximate surface area is 276 Å².